The highest BCUT2D eigenvalue weighted by atomic mass is 16.3. The van der Waals surface area contributed by atoms with Crippen LogP contribution in [0.4, 0.5) is 0 Å². The van der Waals surface area contributed by atoms with Crippen molar-refractivity contribution in [3.05, 3.63) is 29.8 Å². The number of phenols is 1. The van der Waals surface area contributed by atoms with Gasteiger partial charge >= 0.3 is 0 Å². The Morgan fingerprint density at radius 1 is 0.288 bits per heavy atom. The number of aromatic hydroxyl groups is 1. The fourth-order valence-corrected chi connectivity index (χ4v) is 9.76. The number of amides is 19. The van der Waals surface area contributed by atoms with E-state index in [0.717, 1.165) is 0 Å². The second-order valence-electron chi connectivity index (χ2n) is 26.9. The molecule has 1 aromatic rings. The van der Waals surface area contributed by atoms with Crippen LogP contribution >= 0.6 is 0 Å². The molecule has 0 aromatic heterocycles. The fourth-order valence-electron chi connectivity index (χ4n) is 9.76. The number of nitrogens with two attached hydrogens (primary N) is 4. The van der Waals surface area contributed by atoms with Gasteiger partial charge in [-0.1, -0.05) is 12.1 Å². The van der Waals surface area contributed by atoms with E-state index in [4.69, 9.17) is 22.9 Å². The van der Waals surface area contributed by atoms with Gasteiger partial charge in [-0.2, -0.15) is 0 Å². The molecular weight excluding hydrogens is 1460 g/mol. The summed E-state index contributed by atoms with van der Waals surface area (Å²) in [6.07, 6.45) is 2.52. The van der Waals surface area contributed by atoms with Crippen molar-refractivity contribution < 1.29 is 96.2 Å². The first kappa shape index (κ1) is 97.8. The SMILES string of the molecule is CC(=O)N[C@@H](Cc1ccc(O)cc1)C(=O)NCC(=O)NCC(=O)N[C@@H](CCCCN)C(=O)N[C@@H](C)C(=O)N[C@@H](C)C(=O)N[C@@H](C)C(=O)N[C@@H](C)C(=O)N[C@@H](CCCCN)C(=O)N[C@@H](C)C(=O)N[C@@H](C)C(=O)N[C@@H](C)C(=O)N[C@@H](C)C(=O)N[C@@H](CCCCN)C(=O)N[C@@H](C)C(=O)N[C@@H](C)C(=O)N[C@@H](C)C(=O)N[C@@H](C)C(N)=O. The van der Waals surface area contributed by atoms with Gasteiger partial charge in [0.25, 0.3) is 0 Å². The molecule has 0 unspecified atom stereocenters. The molecular formula is C69H116N22O20. The topological polar surface area (TPSA) is 665 Å². The monoisotopic (exact) mass is 1570 g/mol. The number of carbonyl (C=O) groups is 19. The first-order valence-electron chi connectivity index (χ1n) is 36.5. The van der Waals surface area contributed by atoms with Gasteiger partial charge in [-0.05, 0) is 178 Å². The Morgan fingerprint density at radius 2 is 0.532 bits per heavy atom. The number of rotatable bonds is 50. The van der Waals surface area contributed by atoms with Crippen molar-refractivity contribution in [3.8, 4) is 5.75 Å². The zero-order valence-corrected chi connectivity index (χ0v) is 65.2. The quantitative estimate of drug-likeness (QED) is 0.0269. The molecule has 27 N–H and O–H groups in total. The number of hydrogen-bond donors (Lipinski definition) is 23. The number of phenolic OH excluding ortho intramolecular Hbond substituents is 1. The van der Waals surface area contributed by atoms with E-state index in [-0.39, 0.29) is 51.1 Å². The molecule has 0 saturated carbocycles. The van der Waals surface area contributed by atoms with Crippen LogP contribution in [0.15, 0.2) is 24.3 Å². The lowest BCUT2D eigenvalue weighted by Gasteiger charge is -2.25. The van der Waals surface area contributed by atoms with Gasteiger partial charge in [-0.25, -0.2) is 0 Å². The van der Waals surface area contributed by atoms with E-state index in [1.807, 2.05) is 0 Å². The van der Waals surface area contributed by atoms with Crippen LogP contribution in [0.25, 0.3) is 0 Å². The van der Waals surface area contributed by atoms with Gasteiger partial charge in [-0.3, -0.25) is 91.1 Å². The minimum Gasteiger partial charge on any atom is -0.508 e. The zero-order valence-electron chi connectivity index (χ0n) is 65.2. The molecule has 0 aliphatic heterocycles. The van der Waals surface area contributed by atoms with Gasteiger partial charge in [-0.15, -0.1) is 0 Å². The van der Waals surface area contributed by atoms with Crippen LogP contribution in [0.1, 0.15) is 153 Å². The number of carbonyl (C=O) groups excluding carboxylic acids is 19. The summed E-state index contributed by atoms with van der Waals surface area (Å²) in [5.41, 5.74) is 22.7. The van der Waals surface area contributed by atoms with Gasteiger partial charge in [0.15, 0.2) is 0 Å². The molecule has 0 fully saturated rings. The highest BCUT2D eigenvalue weighted by molar-refractivity contribution is 6.01. The fraction of sp³-hybridized carbons (Fsp3) is 0.638. The number of benzene rings is 1. The Bertz CT molecular complexity index is 3400. The number of nitrogens with one attached hydrogen (secondary N) is 18. The van der Waals surface area contributed by atoms with E-state index in [9.17, 15) is 96.2 Å². The van der Waals surface area contributed by atoms with E-state index in [1.54, 1.807) is 12.1 Å². The van der Waals surface area contributed by atoms with Crippen molar-refractivity contribution >= 4 is 112 Å². The average Bonchev–Trinajstić information content (AvgIpc) is 0.885. The molecule has 622 valence electrons. The Hall–Kier alpha value is -11.2. The van der Waals surface area contributed by atoms with Gasteiger partial charge in [0.1, 0.15) is 102 Å². The minimum absolute atomic E-state index is 0.00588. The maximum Gasteiger partial charge on any atom is 0.243 e. The summed E-state index contributed by atoms with van der Waals surface area (Å²) < 4.78 is 0. The summed E-state index contributed by atoms with van der Waals surface area (Å²) in [5.74, 6) is -15.3. The van der Waals surface area contributed by atoms with Crippen molar-refractivity contribution in [2.75, 3.05) is 32.7 Å². The Balaban J connectivity index is 2.84. The molecule has 1 rings (SSSR count). The van der Waals surface area contributed by atoms with Crippen LogP contribution in [0.2, 0.25) is 0 Å². The molecule has 0 aliphatic carbocycles. The van der Waals surface area contributed by atoms with E-state index >= 15 is 0 Å². The first-order valence-corrected chi connectivity index (χ1v) is 36.5. The molecule has 19 amide bonds. The third-order valence-electron chi connectivity index (χ3n) is 16.8. The lowest BCUT2D eigenvalue weighted by Crippen LogP contribution is -2.59. The van der Waals surface area contributed by atoms with Gasteiger partial charge in [0.2, 0.25) is 112 Å². The molecule has 42 nitrogen and oxygen atoms in total. The van der Waals surface area contributed by atoms with E-state index < -0.39 is 222 Å². The largest absolute Gasteiger partial charge is 0.508 e. The van der Waals surface area contributed by atoms with Crippen molar-refractivity contribution in [3.63, 3.8) is 0 Å². The summed E-state index contributed by atoms with van der Waals surface area (Å²) >= 11 is 0. The summed E-state index contributed by atoms with van der Waals surface area (Å²) in [6, 6.07) is -14.1. The van der Waals surface area contributed by atoms with E-state index in [0.29, 0.717) is 44.1 Å². The normalized spacial score (nSPS) is 15.2. The standard InChI is InChI=1S/C69H116N22O20/c1-33(54(73)96)76-55(97)34(2)77-56(98)35(3)81-62(104)41(9)86-68(110)49(21-15-18-28-71)90-65(107)44(12)84-60(102)39(7)79-58(100)37(5)82-63(105)42(10)87-69(111)50(22-16-19-29-72)91-64(106)43(11)83-59(101)38(6)78-57(99)36(4)80-61(103)40(8)85-67(109)48(20-14-17-27-70)89-53(95)32-74-52(94)31-75-66(108)51(88-45(13)92)30-46-23-25-47(93)26-24-46/h23-26,33-44,48-51,93H,14-22,27-32,70-72H2,1-13H3,(H2,73,96)(H,74,94)(H,75,108)(H,76,97)(H,77,98)(H,78,99)(H,79,100)(H,80,103)(H,81,104)(H,82,105)(H,83,101)(H,84,102)(H,85,109)(H,86,110)(H,87,111)(H,88,92)(H,89,95)(H,90,107)(H,91,106)/t33-,34-,35-,36-,37-,38-,39-,40-,41-,42-,43-,44-,48-,49-,50-,51-/m0/s1. The van der Waals surface area contributed by atoms with E-state index in [1.165, 1.54) is 102 Å². The highest BCUT2D eigenvalue weighted by Crippen LogP contribution is 2.13. The predicted molar refractivity (Wildman–Crippen MR) is 400 cm³/mol. The van der Waals surface area contributed by atoms with Gasteiger partial charge in [0.05, 0.1) is 13.1 Å². The summed E-state index contributed by atoms with van der Waals surface area (Å²) in [4.78, 5) is 247. The molecule has 111 heavy (non-hydrogen) atoms. The average molecular weight is 1570 g/mol. The highest BCUT2D eigenvalue weighted by Gasteiger charge is 2.34. The second kappa shape index (κ2) is 50.5. The third-order valence-corrected chi connectivity index (χ3v) is 16.8. The van der Waals surface area contributed by atoms with Crippen LogP contribution in [-0.2, 0) is 97.5 Å². The molecule has 0 spiro atoms. The lowest BCUT2D eigenvalue weighted by atomic mass is 10.0. The summed E-state index contributed by atoms with van der Waals surface area (Å²) in [7, 11) is 0. The molecule has 0 bridgehead atoms. The Kier molecular flexibility index (Phi) is 44.5. The zero-order chi connectivity index (χ0) is 84.5. The van der Waals surface area contributed by atoms with Crippen molar-refractivity contribution in [2.45, 2.75) is 251 Å². The van der Waals surface area contributed by atoms with Crippen LogP contribution in [0, 0.1) is 0 Å². The van der Waals surface area contributed by atoms with Crippen LogP contribution in [-0.4, -0.2) is 247 Å². The summed E-state index contributed by atoms with van der Waals surface area (Å²) in [5, 5.41) is 53.4. The number of unbranched alkanes of at least 4 members (excludes halogenated alkanes) is 3. The molecule has 42 heteroatoms. The summed E-state index contributed by atoms with van der Waals surface area (Å²) in [6.45, 7) is 16.3. The molecule has 16 atom stereocenters. The minimum atomic E-state index is -1.33. The second-order valence-corrected chi connectivity index (χ2v) is 26.9. The van der Waals surface area contributed by atoms with Crippen LogP contribution in [0.5, 0.6) is 5.75 Å². The number of hydrogen-bond acceptors (Lipinski definition) is 23. The van der Waals surface area contributed by atoms with Crippen molar-refractivity contribution in [1.29, 1.82) is 0 Å². The first-order chi connectivity index (χ1) is 52.0. The van der Waals surface area contributed by atoms with Crippen molar-refractivity contribution in [2.24, 2.45) is 22.9 Å². The smallest absolute Gasteiger partial charge is 0.243 e. The Labute approximate surface area is 644 Å². The van der Waals surface area contributed by atoms with Crippen LogP contribution < -0.4 is 119 Å². The van der Waals surface area contributed by atoms with E-state index in [2.05, 4.69) is 95.7 Å². The van der Waals surface area contributed by atoms with Crippen molar-refractivity contribution in [1.82, 2.24) is 95.7 Å². The maximum atomic E-state index is 13.7. The lowest BCUT2D eigenvalue weighted by molar-refractivity contribution is -0.135. The number of primary amides is 1. The molecule has 0 aliphatic rings. The Morgan fingerprint density at radius 3 is 0.793 bits per heavy atom. The van der Waals surface area contributed by atoms with Gasteiger partial charge < -0.3 is 124 Å². The predicted octanol–water partition coefficient (Wildman–Crippen LogP) is -8.95. The molecule has 1 aromatic carbocycles. The molecule has 0 heterocycles. The third kappa shape index (κ3) is 38.2. The maximum absolute atomic E-state index is 13.7. The van der Waals surface area contributed by atoms with Gasteiger partial charge in [0, 0.05) is 13.3 Å². The molecule has 0 radical (unpaired) electrons. The van der Waals surface area contributed by atoms with Crippen LogP contribution in [0.3, 0.4) is 0 Å². The molecule has 0 saturated heterocycles.